The van der Waals surface area contributed by atoms with Gasteiger partial charge < -0.3 is 10.5 Å². The van der Waals surface area contributed by atoms with Gasteiger partial charge in [-0.05, 0) is 24.6 Å². The van der Waals surface area contributed by atoms with Crippen molar-refractivity contribution in [3.05, 3.63) is 32.8 Å². The van der Waals surface area contributed by atoms with Gasteiger partial charge in [0.05, 0.1) is 23.1 Å². The predicted molar refractivity (Wildman–Crippen MR) is 76.9 cm³/mol. The molecule has 0 saturated heterocycles. The average Bonchev–Trinajstić information content (AvgIpc) is 2.23. The van der Waals surface area contributed by atoms with Crippen LogP contribution < -0.4 is 5.73 Å². The number of hydrogen-bond donors (Lipinski definition) is 1. The van der Waals surface area contributed by atoms with Gasteiger partial charge in [0.15, 0.2) is 0 Å². The van der Waals surface area contributed by atoms with Gasteiger partial charge in [0, 0.05) is 11.1 Å². The van der Waals surface area contributed by atoms with Crippen LogP contribution in [0.4, 0.5) is 0 Å². The molecule has 0 spiro atoms. The maximum absolute atomic E-state index is 11.3. The standard InChI is InChI=1S/C11H12Cl3NO2.ClH/c1-2-17-10(16)5-9(15)7-3-6(12)4-8(13)11(7)14;/h3-4,9H,2,5,15H2,1H3;1H/t9-;/m1./s1. The molecule has 0 heterocycles. The SMILES string of the molecule is CCOC(=O)C[C@@H](N)c1cc(Cl)cc(Cl)c1Cl.Cl. The van der Waals surface area contributed by atoms with Gasteiger partial charge in [0.2, 0.25) is 0 Å². The molecule has 102 valence electrons. The number of carbonyl (C=O) groups excluding carboxylic acids is 1. The van der Waals surface area contributed by atoms with E-state index in [4.69, 9.17) is 45.3 Å². The number of benzene rings is 1. The monoisotopic (exact) mass is 331 g/mol. The van der Waals surface area contributed by atoms with Crippen LogP contribution in [0.2, 0.25) is 15.1 Å². The van der Waals surface area contributed by atoms with Crippen molar-refractivity contribution in [2.24, 2.45) is 5.73 Å². The lowest BCUT2D eigenvalue weighted by atomic mass is 10.0. The fourth-order valence-corrected chi connectivity index (χ4v) is 2.11. The minimum atomic E-state index is -0.585. The summed E-state index contributed by atoms with van der Waals surface area (Å²) >= 11 is 17.7. The molecule has 3 nitrogen and oxygen atoms in total. The second-order valence-electron chi connectivity index (χ2n) is 3.41. The first-order valence-corrected chi connectivity index (χ1v) is 6.14. The lowest BCUT2D eigenvalue weighted by molar-refractivity contribution is -0.143. The van der Waals surface area contributed by atoms with Crippen molar-refractivity contribution < 1.29 is 9.53 Å². The molecular formula is C11H13Cl4NO2. The second kappa shape index (κ2) is 8.08. The van der Waals surface area contributed by atoms with E-state index in [1.54, 1.807) is 13.0 Å². The lowest BCUT2D eigenvalue weighted by Gasteiger charge is -2.14. The molecule has 0 aliphatic rings. The molecule has 0 radical (unpaired) electrons. The summed E-state index contributed by atoms with van der Waals surface area (Å²) in [6, 6.07) is 2.53. The summed E-state index contributed by atoms with van der Waals surface area (Å²) in [5.74, 6) is -0.382. The fourth-order valence-electron chi connectivity index (χ4n) is 1.36. The van der Waals surface area contributed by atoms with Crippen LogP contribution in [-0.2, 0) is 9.53 Å². The molecule has 1 atom stereocenters. The van der Waals surface area contributed by atoms with E-state index in [1.165, 1.54) is 6.07 Å². The molecule has 0 aliphatic heterocycles. The van der Waals surface area contributed by atoms with E-state index in [0.717, 1.165) is 0 Å². The summed E-state index contributed by atoms with van der Waals surface area (Å²) in [5.41, 5.74) is 6.40. The number of hydrogen-bond acceptors (Lipinski definition) is 3. The van der Waals surface area contributed by atoms with E-state index in [-0.39, 0.29) is 24.8 Å². The number of rotatable bonds is 4. The van der Waals surface area contributed by atoms with Crippen molar-refractivity contribution in [1.82, 2.24) is 0 Å². The van der Waals surface area contributed by atoms with Crippen LogP contribution in [-0.4, -0.2) is 12.6 Å². The highest BCUT2D eigenvalue weighted by atomic mass is 35.5. The molecule has 1 aromatic carbocycles. The Labute approximate surface area is 127 Å². The third kappa shape index (κ3) is 4.82. The first-order valence-electron chi connectivity index (χ1n) is 5.01. The Morgan fingerprint density at radius 3 is 2.56 bits per heavy atom. The first kappa shape index (κ1) is 17.8. The third-order valence-corrected chi connectivity index (χ3v) is 3.15. The van der Waals surface area contributed by atoms with Gasteiger partial charge in [-0.15, -0.1) is 12.4 Å². The van der Waals surface area contributed by atoms with E-state index in [2.05, 4.69) is 0 Å². The number of nitrogens with two attached hydrogens (primary N) is 1. The van der Waals surface area contributed by atoms with E-state index < -0.39 is 6.04 Å². The van der Waals surface area contributed by atoms with E-state index >= 15 is 0 Å². The van der Waals surface area contributed by atoms with Gasteiger partial charge >= 0.3 is 5.97 Å². The van der Waals surface area contributed by atoms with Crippen molar-refractivity contribution in [2.75, 3.05) is 6.61 Å². The Kier molecular flexibility index (Phi) is 7.99. The van der Waals surface area contributed by atoms with Crippen molar-refractivity contribution in [2.45, 2.75) is 19.4 Å². The summed E-state index contributed by atoms with van der Waals surface area (Å²) < 4.78 is 4.81. The smallest absolute Gasteiger partial charge is 0.307 e. The molecule has 1 aromatic rings. The van der Waals surface area contributed by atoms with Crippen molar-refractivity contribution >= 4 is 53.2 Å². The molecular weight excluding hydrogens is 320 g/mol. The highest BCUT2D eigenvalue weighted by Crippen LogP contribution is 2.33. The van der Waals surface area contributed by atoms with E-state index in [1.807, 2.05) is 0 Å². The number of ether oxygens (including phenoxy) is 1. The zero-order chi connectivity index (χ0) is 13.0. The largest absolute Gasteiger partial charge is 0.466 e. The summed E-state index contributed by atoms with van der Waals surface area (Å²) in [5, 5.41) is 1.05. The molecule has 7 heteroatoms. The summed E-state index contributed by atoms with van der Waals surface area (Å²) in [4.78, 5) is 11.3. The molecule has 1 rings (SSSR count). The second-order valence-corrected chi connectivity index (χ2v) is 4.63. The van der Waals surface area contributed by atoms with Gasteiger partial charge in [0.1, 0.15) is 0 Å². The quantitative estimate of drug-likeness (QED) is 0.669. The Morgan fingerprint density at radius 2 is 2.00 bits per heavy atom. The highest BCUT2D eigenvalue weighted by Gasteiger charge is 2.17. The maximum Gasteiger partial charge on any atom is 0.307 e. The Hall–Kier alpha value is -0.190. The zero-order valence-corrected chi connectivity index (χ0v) is 12.7. The van der Waals surface area contributed by atoms with Crippen molar-refractivity contribution in [1.29, 1.82) is 0 Å². The third-order valence-electron chi connectivity index (χ3n) is 2.11. The maximum atomic E-state index is 11.3. The van der Waals surface area contributed by atoms with Crippen molar-refractivity contribution in [3.63, 3.8) is 0 Å². The molecule has 0 amide bonds. The molecule has 18 heavy (non-hydrogen) atoms. The normalized spacial score (nSPS) is 11.6. The summed E-state index contributed by atoms with van der Waals surface area (Å²) in [6.45, 7) is 2.04. The van der Waals surface area contributed by atoms with Crippen LogP contribution in [0.3, 0.4) is 0 Å². The van der Waals surface area contributed by atoms with Gasteiger partial charge in [-0.2, -0.15) is 0 Å². The Morgan fingerprint density at radius 1 is 1.39 bits per heavy atom. The van der Waals surface area contributed by atoms with Gasteiger partial charge in [0.25, 0.3) is 0 Å². The van der Waals surface area contributed by atoms with E-state index in [9.17, 15) is 4.79 Å². The van der Waals surface area contributed by atoms with E-state index in [0.29, 0.717) is 27.2 Å². The van der Waals surface area contributed by atoms with Gasteiger partial charge in [-0.25, -0.2) is 0 Å². The lowest BCUT2D eigenvalue weighted by Crippen LogP contribution is -2.17. The minimum absolute atomic E-state index is 0. The van der Waals surface area contributed by atoms with Crippen LogP contribution in [0.15, 0.2) is 12.1 Å². The van der Waals surface area contributed by atoms with Crippen molar-refractivity contribution in [3.8, 4) is 0 Å². The molecule has 0 unspecified atom stereocenters. The molecule has 0 saturated carbocycles. The summed E-state index contributed by atoms with van der Waals surface area (Å²) in [7, 11) is 0. The van der Waals surface area contributed by atoms with Gasteiger partial charge in [-0.3, -0.25) is 4.79 Å². The predicted octanol–water partition coefficient (Wildman–Crippen LogP) is 4.02. The van der Waals surface area contributed by atoms with Crippen LogP contribution in [0, 0.1) is 0 Å². The fraction of sp³-hybridized carbons (Fsp3) is 0.364. The Balaban J connectivity index is 0.00000289. The first-order chi connectivity index (χ1) is 7.95. The van der Waals surface area contributed by atoms with Crippen LogP contribution >= 0.6 is 47.2 Å². The minimum Gasteiger partial charge on any atom is -0.466 e. The molecule has 2 N–H and O–H groups in total. The molecule has 0 bridgehead atoms. The number of esters is 1. The van der Waals surface area contributed by atoms with Gasteiger partial charge in [-0.1, -0.05) is 34.8 Å². The Bertz CT molecular complexity index is 426. The summed E-state index contributed by atoms with van der Waals surface area (Å²) in [6.07, 6.45) is 0.0320. The molecule has 0 aliphatic carbocycles. The zero-order valence-electron chi connectivity index (χ0n) is 9.58. The molecule has 0 aromatic heterocycles. The van der Waals surface area contributed by atoms with Crippen LogP contribution in [0.1, 0.15) is 24.9 Å². The van der Waals surface area contributed by atoms with Crippen LogP contribution in [0.25, 0.3) is 0 Å². The number of halogens is 4. The highest BCUT2D eigenvalue weighted by molar-refractivity contribution is 6.43. The molecule has 0 fully saturated rings. The van der Waals surface area contributed by atoms with Crippen LogP contribution in [0.5, 0.6) is 0 Å². The average molecular weight is 333 g/mol. The topological polar surface area (TPSA) is 52.3 Å². The number of carbonyl (C=O) groups is 1.